The summed E-state index contributed by atoms with van der Waals surface area (Å²) < 4.78 is 5.64. The van der Waals surface area contributed by atoms with Gasteiger partial charge in [0.25, 0.3) is 0 Å². The summed E-state index contributed by atoms with van der Waals surface area (Å²) in [6, 6.07) is 6.70. The van der Waals surface area contributed by atoms with Crippen LogP contribution in [-0.4, -0.2) is 36.1 Å². The van der Waals surface area contributed by atoms with E-state index in [1.54, 1.807) is 11.3 Å². The number of benzene rings is 1. The molecule has 4 rings (SSSR count). The van der Waals surface area contributed by atoms with Gasteiger partial charge in [-0.1, -0.05) is 12.1 Å². The molecular weight excluding hydrogens is 318 g/mol. The second-order valence-electron chi connectivity index (χ2n) is 6.93. The minimum Gasteiger partial charge on any atom is -0.493 e. The number of aryl methyl sites for hydroxylation is 1. The topological polar surface area (TPSA) is 37.4 Å². The van der Waals surface area contributed by atoms with E-state index in [4.69, 9.17) is 4.74 Å². The van der Waals surface area contributed by atoms with E-state index in [1.807, 2.05) is 5.51 Å². The Morgan fingerprint density at radius 2 is 2.33 bits per heavy atom. The lowest BCUT2D eigenvalue weighted by atomic mass is 10.1. The average molecular weight is 343 g/mol. The molecule has 0 amide bonds. The van der Waals surface area contributed by atoms with Crippen molar-refractivity contribution in [3.8, 4) is 5.75 Å². The molecule has 1 saturated heterocycles. The maximum absolute atomic E-state index is 5.64. The van der Waals surface area contributed by atoms with Crippen LogP contribution in [0.3, 0.4) is 0 Å². The van der Waals surface area contributed by atoms with Crippen molar-refractivity contribution < 1.29 is 4.74 Å². The highest BCUT2D eigenvalue weighted by Crippen LogP contribution is 2.27. The second kappa shape index (κ2) is 7.21. The van der Waals surface area contributed by atoms with Crippen molar-refractivity contribution in [2.75, 3.05) is 26.2 Å². The molecule has 0 spiro atoms. The Hall–Kier alpha value is -1.43. The molecule has 128 valence electrons. The third-order valence-electron chi connectivity index (χ3n) is 5.05. The summed E-state index contributed by atoms with van der Waals surface area (Å²) in [5, 5.41) is 3.49. The van der Waals surface area contributed by atoms with Crippen LogP contribution >= 0.6 is 11.3 Å². The molecule has 0 bridgehead atoms. The van der Waals surface area contributed by atoms with Crippen LogP contribution < -0.4 is 10.1 Å². The Balaban J connectivity index is 1.49. The van der Waals surface area contributed by atoms with E-state index in [0.29, 0.717) is 0 Å². The zero-order valence-electron chi connectivity index (χ0n) is 14.3. The number of hydrogen-bond acceptors (Lipinski definition) is 5. The van der Waals surface area contributed by atoms with Crippen molar-refractivity contribution in [3.63, 3.8) is 0 Å². The first-order valence-corrected chi connectivity index (χ1v) is 9.72. The van der Waals surface area contributed by atoms with Crippen LogP contribution in [0.25, 0.3) is 0 Å². The predicted molar refractivity (Wildman–Crippen MR) is 97.6 cm³/mol. The van der Waals surface area contributed by atoms with E-state index in [-0.39, 0.29) is 0 Å². The molecule has 1 fully saturated rings. The summed E-state index contributed by atoms with van der Waals surface area (Å²) in [5.74, 6) is 1.83. The highest BCUT2D eigenvalue weighted by atomic mass is 32.1. The minimum atomic E-state index is 0.760. The van der Waals surface area contributed by atoms with Gasteiger partial charge in [0.2, 0.25) is 0 Å². The van der Waals surface area contributed by atoms with E-state index >= 15 is 0 Å². The first-order chi connectivity index (χ1) is 11.8. The third kappa shape index (κ3) is 3.63. The molecule has 2 aliphatic heterocycles. The van der Waals surface area contributed by atoms with Crippen LogP contribution in [0.5, 0.6) is 5.75 Å². The number of nitrogens with zero attached hydrogens (tertiary/aromatic N) is 2. The lowest BCUT2D eigenvalue weighted by Crippen LogP contribution is -2.30. The monoisotopic (exact) mass is 343 g/mol. The molecule has 1 atom stereocenters. The Labute approximate surface area is 147 Å². The highest BCUT2D eigenvalue weighted by molar-refractivity contribution is 7.09. The number of thiazole rings is 1. The molecule has 1 aromatic heterocycles. The summed E-state index contributed by atoms with van der Waals surface area (Å²) in [6.07, 6.45) is 2.33. The van der Waals surface area contributed by atoms with Crippen LogP contribution in [0.2, 0.25) is 0 Å². The number of aromatic nitrogens is 1. The Morgan fingerprint density at radius 1 is 1.38 bits per heavy atom. The SMILES string of the molecule is Cc1ncsc1CN(Cc1ccc2c(c1)CCO2)CC1CCNC1. The Bertz CT molecular complexity index is 694. The molecule has 4 nitrogen and oxygen atoms in total. The summed E-state index contributed by atoms with van der Waals surface area (Å²) >= 11 is 1.78. The number of rotatable bonds is 6. The van der Waals surface area contributed by atoms with Gasteiger partial charge in [-0.3, -0.25) is 4.90 Å². The quantitative estimate of drug-likeness (QED) is 0.875. The average Bonchev–Trinajstić information content (AvgIpc) is 3.30. The van der Waals surface area contributed by atoms with Crippen molar-refractivity contribution >= 4 is 11.3 Å². The lowest BCUT2D eigenvalue weighted by molar-refractivity contribution is 0.222. The van der Waals surface area contributed by atoms with Gasteiger partial charge in [-0.25, -0.2) is 4.98 Å². The van der Waals surface area contributed by atoms with Crippen LogP contribution in [0.4, 0.5) is 0 Å². The zero-order chi connectivity index (χ0) is 16.4. The van der Waals surface area contributed by atoms with Gasteiger partial charge >= 0.3 is 0 Å². The van der Waals surface area contributed by atoms with Crippen molar-refractivity contribution in [2.45, 2.75) is 32.9 Å². The maximum Gasteiger partial charge on any atom is 0.122 e. The van der Waals surface area contributed by atoms with Gasteiger partial charge in [0.1, 0.15) is 5.75 Å². The number of ether oxygens (including phenoxy) is 1. The summed E-state index contributed by atoms with van der Waals surface area (Å²) in [6.45, 7) is 8.41. The molecular formula is C19H25N3OS. The highest BCUT2D eigenvalue weighted by Gasteiger charge is 2.20. The van der Waals surface area contributed by atoms with E-state index < -0.39 is 0 Å². The van der Waals surface area contributed by atoms with E-state index in [9.17, 15) is 0 Å². The van der Waals surface area contributed by atoms with Gasteiger partial charge in [0.05, 0.1) is 17.8 Å². The largest absolute Gasteiger partial charge is 0.493 e. The van der Waals surface area contributed by atoms with E-state index in [2.05, 4.69) is 40.3 Å². The van der Waals surface area contributed by atoms with Gasteiger partial charge in [0.15, 0.2) is 0 Å². The standard InChI is InChI=1S/C19H25N3OS/c1-14-19(24-13-21-14)12-22(11-16-4-6-20-9-16)10-15-2-3-18-17(8-15)5-7-23-18/h2-3,8,13,16,20H,4-7,9-12H2,1H3. The van der Waals surface area contributed by atoms with E-state index in [0.717, 1.165) is 57.4 Å². The number of fused-ring (bicyclic) bond motifs is 1. The van der Waals surface area contributed by atoms with Gasteiger partial charge < -0.3 is 10.1 Å². The molecule has 24 heavy (non-hydrogen) atoms. The molecule has 5 heteroatoms. The van der Waals surface area contributed by atoms with Crippen molar-refractivity contribution in [2.24, 2.45) is 5.92 Å². The van der Waals surface area contributed by atoms with Gasteiger partial charge in [0, 0.05) is 30.9 Å². The fourth-order valence-corrected chi connectivity index (χ4v) is 4.52. The van der Waals surface area contributed by atoms with Gasteiger partial charge in [-0.2, -0.15) is 0 Å². The minimum absolute atomic E-state index is 0.760. The summed E-state index contributed by atoms with van der Waals surface area (Å²) in [7, 11) is 0. The fraction of sp³-hybridized carbons (Fsp3) is 0.526. The van der Waals surface area contributed by atoms with Gasteiger partial charge in [-0.05, 0) is 49.5 Å². The molecule has 1 N–H and O–H groups in total. The lowest BCUT2D eigenvalue weighted by Gasteiger charge is -2.25. The first-order valence-electron chi connectivity index (χ1n) is 8.84. The van der Waals surface area contributed by atoms with Crippen molar-refractivity contribution in [1.29, 1.82) is 0 Å². The molecule has 0 radical (unpaired) electrons. The smallest absolute Gasteiger partial charge is 0.122 e. The van der Waals surface area contributed by atoms with Crippen LogP contribution in [0.15, 0.2) is 23.7 Å². The Morgan fingerprint density at radius 3 is 3.12 bits per heavy atom. The number of nitrogens with one attached hydrogen (secondary N) is 1. The summed E-state index contributed by atoms with van der Waals surface area (Å²) in [4.78, 5) is 8.41. The van der Waals surface area contributed by atoms with Crippen molar-refractivity contribution in [3.05, 3.63) is 45.4 Å². The van der Waals surface area contributed by atoms with Crippen molar-refractivity contribution in [1.82, 2.24) is 15.2 Å². The predicted octanol–water partition coefficient (Wildman–Crippen LogP) is 3.00. The third-order valence-corrected chi connectivity index (χ3v) is 5.97. The first kappa shape index (κ1) is 16.1. The van der Waals surface area contributed by atoms with Crippen LogP contribution in [-0.2, 0) is 19.5 Å². The summed E-state index contributed by atoms with van der Waals surface area (Å²) in [5.41, 5.74) is 5.90. The molecule has 1 unspecified atom stereocenters. The molecule has 0 saturated carbocycles. The molecule has 2 aromatic rings. The second-order valence-corrected chi connectivity index (χ2v) is 7.87. The molecule has 2 aliphatic rings. The number of hydrogen-bond donors (Lipinski definition) is 1. The normalized spacial score (nSPS) is 19.7. The molecule has 0 aliphatic carbocycles. The molecule has 3 heterocycles. The Kier molecular flexibility index (Phi) is 4.83. The maximum atomic E-state index is 5.64. The van der Waals surface area contributed by atoms with E-state index in [1.165, 1.54) is 28.1 Å². The van der Waals surface area contributed by atoms with Crippen LogP contribution in [0.1, 0.15) is 28.1 Å². The molecule has 1 aromatic carbocycles. The van der Waals surface area contributed by atoms with Gasteiger partial charge in [-0.15, -0.1) is 11.3 Å². The zero-order valence-corrected chi connectivity index (χ0v) is 15.1. The fourth-order valence-electron chi connectivity index (χ4n) is 3.70. The van der Waals surface area contributed by atoms with Crippen LogP contribution in [0, 0.1) is 12.8 Å².